The van der Waals surface area contributed by atoms with Crippen LogP contribution in [-0.4, -0.2) is 65.8 Å². The number of hydrogen-bond donors (Lipinski definition) is 1. The standard InChI is InChI=1S/C19H25N5OS/c1-16-3-5-17(6-4-16)26-14-9-20-18(25)15-23-10-12-24(13-11-23)19-21-7-2-8-22-19/h2-8H,9-15H2,1H3,(H,20,25). The molecule has 2 heterocycles. The summed E-state index contributed by atoms with van der Waals surface area (Å²) in [5, 5.41) is 3.01. The van der Waals surface area contributed by atoms with E-state index in [9.17, 15) is 4.79 Å². The number of nitrogens with one attached hydrogen (secondary N) is 1. The van der Waals surface area contributed by atoms with E-state index in [2.05, 4.69) is 56.3 Å². The van der Waals surface area contributed by atoms with Crippen LogP contribution in [0.2, 0.25) is 0 Å². The van der Waals surface area contributed by atoms with Gasteiger partial charge in [0.1, 0.15) is 0 Å². The Kier molecular flexibility index (Phi) is 6.85. The lowest BCUT2D eigenvalue weighted by molar-refractivity contribution is -0.122. The van der Waals surface area contributed by atoms with Crippen molar-refractivity contribution in [3.05, 3.63) is 48.3 Å². The van der Waals surface area contributed by atoms with Gasteiger partial charge in [-0.05, 0) is 25.1 Å². The highest BCUT2D eigenvalue weighted by Gasteiger charge is 2.20. The lowest BCUT2D eigenvalue weighted by Gasteiger charge is -2.34. The molecule has 1 aliphatic rings. The molecule has 6 nitrogen and oxygen atoms in total. The van der Waals surface area contributed by atoms with Gasteiger partial charge in [0.05, 0.1) is 6.54 Å². The van der Waals surface area contributed by atoms with Crippen LogP contribution in [0.4, 0.5) is 5.95 Å². The van der Waals surface area contributed by atoms with Crippen molar-refractivity contribution in [1.29, 1.82) is 0 Å². The molecular weight excluding hydrogens is 346 g/mol. The zero-order valence-corrected chi connectivity index (χ0v) is 15.9. The first-order valence-corrected chi connectivity index (χ1v) is 9.90. The highest BCUT2D eigenvalue weighted by molar-refractivity contribution is 7.99. The Balaban J connectivity index is 1.31. The highest BCUT2D eigenvalue weighted by atomic mass is 32.2. The van der Waals surface area contributed by atoms with Crippen molar-refractivity contribution in [3.63, 3.8) is 0 Å². The van der Waals surface area contributed by atoms with Crippen molar-refractivity contribution >= 4 is 23.6 Å². The Morgan fingerprint density at radius 1 is 1.12 bits per heavy atom. The summed E-state index contributed by atoms with van der Waals surface area (Å²) >= 11 is 1.77. The van der Waals surface area contributed by atoms with Gasteiger partial charge in [-0.25, -0.2) is 9.97 Å². The van der Waals surface area contributed by atoms with Crippen LogP contribution < -0.4 is 10.2 Å². The van der Waals surface area contributed by atoms with Gasteiger partial charge in [-0.1, -0.05) is 17.7 Å². The van der Waals surface area contributed by atoms with Gasteiger partial charge in [0.15, 0.2) is 0 Å². The van der Waals surface area contributed by atoms with E-state index in [1.165, 1.54) is 10.5 Å². The van der Waals surface area contributed by atoms with Crippen LogP contribution >= 0.6 is 11.8 Å². The average molecular weight is 372 g/mol. The topological polar surface area (TPSA) is 61.4 Å². The van der Waals surface area contributed by atoms with Crippen LogP contribution in [0.3, 0.4) is 0 Å². The summed E-state index contributed by atoms with van der Waals surface area (Å²) in [4.78, 5) is 26.3. The maximum absolute atomic E-state index is 12.1. The third-order valence-corrected chi connectivity index (χ3v) is 5.30. The largest absolute Gasteiger partial charge is 0.354 e. The van der Waals surface area contributed by atoms with Crippen LogP contribution in [-0.2, 0) is 4.79 Å². The molecule has 0 spiro atoms. The second-order valence-electron chi connectivity index (χ2n) is 6.32. The summed E-state index contributed by atoms with van der Waals surface area (Å²) < 4.78 is 0. The molecule has 26 heavy (non-hydrogen) atoms. The van der Waals surface area contributed by atoms with Crippen molar-refractivity contribution in [3.8, 4) is 0 Å². The molecule has 0 saturated carbocycles. The number of thioether (sulfide) groups is 1. The number of benzene rings is 1. The van der Waals surface area contributed by atoms with Gasteiger partial charge in [-0.15, -0.1) is 11.8 Å². The van der Waals surface area contributed by atoms with Crippen molar-refractivity contribution in [2.45, 2.75) is 11.8 Å². The minimum atomic E-state index is 0.0962. The predicted octanol–water partition coefficient (Wildman–Crippen LogP) is 1.82. The fourth-order valence-electron chi connectivity index (χ4n) is 2.81. The fourth-order valence-corrected chi connectivity index (χ4v) is 3.58. The number of anilines is 1. The number of carbonyl (C=O) groups is 1. The van der Waals surface area contributed by atoms with Crippen LogP contribution in [0.5, 0.6) is 0 Å². The molecule has 1 amide bonds. The van der Waals surface area contributed by atoms with E-state index >= 15 is 0 Å². The minimum Gasteiger partial charge on any atom is -0.354 e. The second kappa shape index (κ2) is 9.54. The van der Waals surface area contributed by atoms with E-state index in [0.29, 0.717) is 13.1 Å². The van der Waals surface area contributed by atoms with Gasteiger partial charge in [-0.2, -0.15) is 0 Å². The maximum Gasteiger partial charge on any atom is 0.234 e. The van der Waals surface area contributed by atoms with E-state index in [1.807, 2.05) is 6.07 Å². The molecule has 1 saturated heterocycles. The van der Waals surface area contributed by atoms with Gasteiger partial charge in [0, 0.05) is 55.8 Å². The molecule has 1 aliphatic heterocycles. The zero-order chi connectivity index (χ0) is 18.2. The molecule has 1 fully saturated rings. The minimum absolute atomic E-state index is 0.0962. The summed E-state index contributed by atoms with van der Waals surface area (Å²) in [6.45, 7) is 6.63. The molecule has 0 aliphatic carbocycles. The molecule has 0 bridgehead atoms. The number of aromatic nitrogens is 2. The number of aryl methyl sites for hydroxylation is 1. The van der Waals surface area contributed by atoms with Crippen LogP contribution in [0.1, 0.15) is 5.56 Å². The Morgan fingerprint density at radius 2 is 1.81 bits per heavy atom. The normalized spacial score (nSPS) is 15.0. The number of piperazine rings is 1. The van der Waals surface area contributed by atoms with Gasteiger partial charge in [0.25, 0.3) is 0 Å². The molecule has 7 heteroatoms. The molecule has 0 atom stereocenters. The lowest BCUT2D eigenvalue weighted by Crippen LogP contribution is -2.50. The summed E-state index contributed by atoms with van der Waals surface area (Å²) in [6, 6.07) is 10.3. The van der Waals surface area contributed by atoms with Crippen LogP contribution in [0.25, 0.3) is 0 Å². The predicted molar refractivity (Wildman–Crippen MR) is 106 cm³/mol. The summed E-state index contributed by atoms with van der Waals surface area (Å²) in [6.07, 6.45) is 3.52. The van der Waals surface area contributed by atoms with Crippen molar-refractivity contribution < 1.29 is 4.79 Å². The monoisotopic (exact) mass is 371 g/mol. The van der Waals surface area contributed by atoms with E-state index in [4.69, 9.17) is 0 Å². The number of nitrogens with zero attached hydrogens (tertiary/aromatic N) is 4. The Hall–Kier alpha value is -2.12. The lowest BCUT2D eigenvalue weighted by atomic mass is 10.2. The number of rotatable bonds is 7. The summed E-state index contributed by atoms with van der Waals surface area (Å²) in [5.74, 6) is 1.75. The highest BCUT2D eigenvalue weighted by Crippen LogP contribution is 2.17. The number of hydrogen-bond acceptors (Lipinski definition) is 6. The van der Waals surface area contributed by atoms with Crippen molar-refractivity contribution in [1.82, 2.24) is 20.2 Å². The van der Waals surface area contributed by atoms with Gasteiger partial charge in [0.2, 0.25) is 11.9 Å². The quantitative estimate of drug-likeness (QED) is 0.592. The number of carbonyl (C=O) groups excluding carboxylic acids is 1. The van der Waals surface area contributed by atoms with Gasteiger partial charge < -0.3 is 10.2 Å². The molecule has 0 radical (unpaired) electrons. The van der Waals surface area contributed by atoms with Gasteiger partial charge in [-0.3, -0.25) is 9.69 Å². The molecule has 1 aromatic carbocycles. The maximum atomic E-state index is 12.1. The first-order chi connectivity index (χ1) is 12.7. The van der Waals surface area contributed by atoms with E-state index in [-0.39, 0.29) is 5.91 Å². The van der Waals surface area contributed by atoms with Crippen molar-refractivity contribution in [2.24, 2.45) is 0 Å². The van der Waals surface area contributed by atoms with Crippen LogP contribution in [0.15, 0.2) is 47.6 Å². The molecule has 2 aromatic rings. The summed E-state index contributed by atoms with van der Waals surface area (Å²) in [7, 11) is 0. The fraction of sp³-hybridized carbons (Fsp3) is 0.421. The molecule has 1 aromatic heterocycles. The first kappa shape index (κ1) is 18.7. The summed E-state index contributed by atoms with van der Waals surface area (Å²) in [5.41, 5.74) is 1.27. The first-order valence-electron chi connectivity index (χ1n) is 8.91. The van der Waals surface area contributed by atoms with Crippen molar-refractivity contribution in [2.75, 3.05) is 49.9 Å². The SMILES string of the molecule is Cc1ccc(SCCNC(=O)CN2CCN(c3ncccn3)CC2)cc1. The van der Waals surface area contributed by atoms with E-state index < -0.39 is 0 Å². The van der Waals surface area contributed by atoms with E-state index in [1.54, 1.807) is 24.2 Å². The average Bonchev–Trinajstić information content (AvgIpc) is 2.68. The third kappa shape index (κ3) is 5.71. The molecule has 0 unspecified atom stereocenters. The third-order valence-electron chi connectivity index (χ3n) is 4.29. The van der Waals surface area contributed by atoms with E-state index in [0.717, 1.165) is 37.9 Å². The Labute approximate surface area is 159 Å². The second-order valence-corrected chi connectivity index (χ2v) is 7.49. The molecule has 1 N–H and O–H groups in total. The Morgan fingerprint density at radius 3 is 2.50 bits per heavy atom. The Bertz CT molecular complexity index is 687. The van der Waals surface area contributed by atoms with Gasteiger partial charge >= 0.3 is 0 Å². The molecule has 138 valence electrons. The molecule has 3 rings (SSSR count). The smallest absolute Gasteiger partial charge is 0.234 e. The molecular formula is C19H25N5OS. The zero-order valence-electron chi connectivity index (χ0n) is 15.1. The number of amides is 1. The van der Waals surface area contributed by atoms with Crippen LogP contribution in [0, 0.1) is 6.92 Å².